The van der Waals surface area contributed by atoms with Gasteiger partial charge in [-0.25, -0.2) is 0 Å². The number of amides is 2. The molecule has 6 heteroatoms. The van der Waals surface area contributed by atoms with E-state index in [4.69, 9.17) is 0 Å². The maximum atomic E-state index is 12.0. The fourth-order valence-electron chi connectivity index (χ4n) is 3.61. The van der Waals surface area contributed by atoms with Crippen LogP contribution < -0.4 is 10.6 Å². The molecule has 1 saturated heterocycles. The van der Waals surface area contributed by atoms with Crippen LogP contribution in [-0.2, 0) is 9.59 Å². The number of nitrogens with zero attached hydrogens (tertiary/aromatic N) is 1. The topological polar surface area (TPSA) is 61.4 Å². The summed E-state index contributed by atoms with van der Waals surface area (Å²) in [6, 6.07) is 7.47. The number of anilines is 1. The van der Waals surface area contributed by atoms with Crippen molar-refractivity contribution in [1.29, 1.82) is 0 Å². The smallest absolute Gasteiger partial charge is 0.313 e. The maximum Gasteiger partial charge on any atom is 0.313 e. The zero-order valence-electron chi connectivity index (χ0n) is 16.1. The van der Waals surface area contributed by atoms with Crippen LogP contribution in [0, 0.1) is 11.8 Å². The first-order valence-electron chi connectivity index (χ1n) is 9.43. The number of benzene rings is 1. The Hall–Kier alpha value is -1.53. The molecule has 1 heterocycles. The molecule has 1 aromatic carbocycles. The molecule has 2 N–H and O–H groups in total. The molecule has 2 atom stereocenters. The molecule has 1 aromatic rings. The molecule has 2 rings (SSSR count). The van der Waals surface area contributed by atoms with Crippen molar-refractivity contribution in [1.82, 2.24) is 10.2 Å². The summed E-state index contributed by atoms with van der Waals surface area (Å²) in [5.41, 5.74) is 0.644. The average molecular weight is 378 g/mol. The molecule has 1 aliphatic rings. The lowest BCUT2D eigenvalue weighted by molar-refractivity contribution is -0.136. The minimum atomic E-state index is -0.609. The zero-order chi connectivity index (χ0) is 18.9. The van der Waals surface area contributed by atoms with E-state index >= 15 is 0 Å². The van der Waals surface area contributed by atoms with Gasteiger partial charge in [-0.1, -0.05) is 19.9 Å². The first-order valence-corrected chi connectivity index (χ1v) is 10.7. The number of hydrogen-bond acceptors (Lipinski definition) is 4. The summed E-state index contributed by atoms with van der Waals surface area (Å²) in [4.78, 5) is 27.4. The second kappa shape index (κ2) is 10.6. The molecule has 1 aliphatic heterocycles. The predicted octanol–water partition coefficient (Wildman–Crippen LogP) is 3.22. The molecule has 26 heavy (non-hydrogen) atoms. The van der Waals surface area contributed by atoms with Gasteiger partial charge in [0.05, 0.1) is 0 Å². The monoisotopic (exact) mass is 377 g/mol. The molecule has 0 spiro atoms. The molecule has 0 saturated carbocycles. The van der Waals surface area contributed by atoms with Crippen LogP contribution in [0.25, 0.3) is 0 Å². The molecule has 0 aromatic heterocycles. The molecule has 2 unspecified atom stereocenters. The number of unbranched alkanes of at least 4 members (excludes halogenated alkanes) is 1. The second-order valence-corrected chi connectivity index (χ2v) is 8.23. The van der Waals surface area contributed by atoms with Crippen LogP contribution in [0.5, 0.6) is 0 Å². The van der Waals surface area contributed by atoms with Crippen molar-refractivity contribution in [2.24, 2.45) is 11.8 Å². The minimum Gasteiger partial charge on any atom is -0.348 e. The summed E-state index contributed by atoms with van der Waals surface area (Å²) < 4.78 is 0. The third kappa shape index (κ3) is 7.00. The van der Waals surface area contributed by atoms with Crippen molar-refractivity contribution in [2.75, 3.05) is 37.8 Å². The number of carbonyl (C=O) groups is 2. The van der Waals surface area contributed by atoms with Crippen molar-refractivity contribution in [3.05, 3.63) is 24.3 Å². The molecule has 1 fully saturated rings. The molecule has 2 amide bonds. The van der Waals surface area contributed by atoms with Gasteiger partial charge in [0.2, 0.25) is 0 Å². The number of nitrogens with one attached hydrogen (secondary N) is 2. The van der Waals surface area contributed by atoms with Gasteiger partial charge in [-0.15, -0.1) is 11.8 Å². The van der Waals surface area contributed by atoms with E-state index in [0.717, 1.165) is 36.1 Å². The normalized spacial score (nSPS) is 20.6. The minimum absolute atomic E-state index is 0.538. The van der Waals surface area contributed by atoms with E-state index in [0.29, 0.717) is 12.2 Å². The first kappa shape index (κ1) is 20.8. The standard InChI is InChI=1S/C20H31N3O2S/c1-15-11-16(2)14-23(13-15)10-5-4-9-21-19(24)20(25)22-17-7-6-8-18(12-17)26-3/h6-8,12,15-16H,4-5,9-11,13-14H2,1-3H3,(H,21,24)(H,22,25). The van der Waals surface area contributed by atoms with E-state index in [1.807, 2.05) is 24.5 Å². The highest BCUT2D eigenvalue weighted by atomic mass is 32.2. The van der Waals surface area contributed by atoms with E-state index in [1.165, 1.54) is 19.5 Å². The van der Waals surface area contributed by atoms with Crippen LogP contribution in [0.4, 0.5) is 5.69 Å². The van der Waals surface area contributed by atoms with Crippen molar-refractivity contribution in [2.45, 2.75) is 38.0 Å². The largest absolute Gasteiger partial charge is 0.348 e. The summed E-state index contributed by atoms with van der Waals surface area (Å²) in [6.07, 6.45) is 5.22. The lowest BCUT2D eigenvalue weighted by Crippen LogP contribution is -2.39. The van der Waals surface area contributed by atoms with Crippen molar-refractivity contribution in [3.8, 4) is 0 Å². The van der Waals surface area contributed by atoms with Crippen molar-refractivity contribution in [3.63, 3.8) is 0 Å². The van der Waals surface area contributed by atoms with E-state index in [2.05, 4.69) is 29.4 Å². The lowest BCUT2D eigenvalue weighted by atomic mass is 9.92. The van der Waals surface area contributed by atoms with Gasteiger partial charge in [-0.3, -0.25) is 9.59 Å². The number of likely N-dealkylation sites (tertiary alicyclic amines) is 1. The summed E-state index contributed by atoms with van der Waals surface area (Å²) in [5, 5.41) is 5.36. The second-order valence-electron chi connectivity index (χ2n) is 7.35. The summed E-state index contributed by atoms with van der Waals surface area (Å²) in [7, 11) is 0. The lowest BCUT2D eigenvalue weighted by Gasteiger charge is -2.34. The Balaban J connectivity index is 1.62. The molecule has 5 nitrogen and oxygen atoms in total. The van der Waals surface area contributed by atoms with Gasteiger partial charge < -0.3 is 15.5 Å². The van der Waals surface area contributed by atoms with Crippen LogP contribution in [0.3, 0.4) is 0 Å². The summed E-state index contributed by atoms with van der Waals surface area (Å²) in [6.45, 7) is 8.59. The Morgan fingerprint density at radius 1 is 1.15 bits per heavy atom. The highest BCUT2D eigenvalue weighted by molar-refractivity contribution is 7.98. The van der Waals surface area contributed by atoms with Gasteiger partial charge in [0.15, 0.2) is 0 Å². The molecular weight excluding hydrogens is 346 g/mol. The fraction of sp³-hybridized carbons (Fsp3) is 0.600. The van der Waals surface area contributed by atoms with E-state index < -0.39 is 11.8 Å². The molecular formula is C20H31N3O2S. The average Bonchev–Trinajstić information content (AvgIpc) is 2.60. The number of carbonyl (C=O) groups excluding carboxylic acids is 2. The van der Waals surface area contributed by atoms with Crippen molar-refractivity contribution >= 4 is 29.3 Å². The highest BCUT2D eigenvalue weighted by Gasteiger charge is 2.21. The Labute approximate surface area is 161 Å². The van der Waals surface area contributed by atoms with Gasteiger partial charge in [0.25, 0.3) is 0 Å². The predicted molar refractivity (Wildman–Crippen MR) is 108 cm³/mol. The van der Waals surface area contributed by atoms with Crippen LogP contribution in [0.2, 0.25) is 0 Å². The van der Waals surface area contributed by atoms with Crippen LogP contribution in [-0.4, -0.2) is 49.1 Å². The quantitative estimate of drug-likeness (QED) is 0.435. The molecule has 0 aliphatic carbocycles. The number of thioether (sulfide) groups is 1. The van der Waals surface area contributed by atoms with Gasteiger partial charge >= 0.3 is 11.8 Å². The SMILES string of the molecule is CSc1cccc(NC(=O)C(=O)NCCCCN2CC(C)CC(C)C2)c1. The van der Waals surface area contributed by atoms with E-state index in [9.17, 15) is 9.59 Å². The molecule has 144 valence electrons. The Kier molecular flexibility index (Phi) is 8.45. The summed E-state index contributed by atoms with van der Waals surface area (Å²) >= 11 is 1.59. The highest BCUT2D eigenvalue weighted by Crippen LogP contribution is 2.21. The fourth-order valence-corrected chi connectivity index (χ4v) is 4.07. The van der Waals surface area contributed by atoms with Gasteiger partial charge in [0.1, 0.15) is 0 Å². The van der Waals surface area contributed by atoms with Crippen LogP contribution in [0.15, 0.2) is 29.2 Å². The summed E-state index contributed by atoms with van der Waals surface area (Å²) in [5.74, 6) is 0.361. The molecule has 0 radical (unpaired) electrons. The third-order valence-corrected chi connectivity index (χ3v) is 5.39. The van der Waals surface area contributed by atoms with E-state index in [-0.39, 0.29) is 0 Å². The van der Waals surface area contributed by atoms with Gasteiger partial charge in [-0.05, 0) is 62.1 Å². The Morgan fingerprint density at radius 2 is 1.88 bits per heavy atom. The Morgan fingerprint density at radius 3 is 2.58 bits per heavy atom. The van der Waals surface area contributed by atoms with Crippen molar-refractivity contribution < 1.29 is 9.59 Å². The molecule has 0 bridgehead atoms. The zero-order valence-corrected chi connectivity index (χ0v) is 16.9. The third-order valence-electron chi connectivity index (χ3n) is 4.66. The Bertz CT molecular complexity index is 598. The van der Waals surface area contributed by atoms with Crippen LogP contribution in [0.1, 0.15) is 33.1 Å². The van der Waals surface area contributed by atoms with E-state index in [1.54, 1.807) is 17.8 Å². The number of piperidine rings is 1. The maximum absolute atomic E-state index is 12.0. The van der Waals surface area contributed by atoms with Gasteiger partial charge in [0, 0.05) is 30.2 Å². The van der Waals surface area contributed by atoms with Crippen LogP contribution >= 0.6 is 11.8 Å². The number of hydrogen-bond donors (Lipinski definition) is 2. The first-order chi connectivity index (χ1) is 12.5. The van der Waals surface area contributed by atoms with Gasteiger partial charge in [-0.2, -0.15) is 0 Å². The number of rotatable bonds is 7.